The fraction of sp³-hybridized carbons (Fsp3) is 0.633. The van der Waals surface area contributed by atoms with Crippen LogP contribution in [0.2, 0.25) is 0 Å². The van der Waals surface area contributed by atoms with Crippen molar-refractivity contribution in [3.05, 3.63) is 23.5 Å². The number of nitrogens with zero attached hydrogens (tertiary/aromatic N) is 6. The normalized spacial score (nSPS) is 18.1. The van der Waals surface area contributed by atoms with E-state index in [-0.39, 0.29) is 24.0 Å². The average Bonchev–Trinajstić information content (AvgIpc) is 3.63. The Labute approximate surface area is 241 Å². The number of carbonyl (C=O) groups excluding carboxylic acids is 3. The molecular formula is C30H40N6O5. The van der Waals surface area contributed by atoms with E-state index in [1.54, 1.807) is 26.1 Å². The number of fused-ring (bicyclic) bond motifs is 1. The molecule has 3 amide bonds. The van der Waals surface area contributed by atoms with Crippen molar-refractivity contribution in [1.82, 2.24) is 24.4 Å². The fourth-order valence-corrected chi connectivity index (χ4v) is 5.28. The number of likely N-dealkylation sites (tertiary alicyclic amines) is 2. The maximum atomic E-state index is 13.8. The van der Waals surface area contributed by atoms with E-state index in [4.69, 9.17) is 14.5 Å². The van der Waals surface area contributed by atoms with Crippen molar-refractivity contribution in [3.63, 3.8) is 0 Å². The van der Waals surface area contributed by atoms with Gasteiger partial charge in [0.2, 0.25) is 0 Å². The quantitative estimate of drug-likeness (QED) is 0.498. The van der Waals surface area contributed by atoms with Crippen LogP contribution in [0.3, 0.4) is 0 Å². The van der Waals surface area contributed by atoms with Crippen LogP contribution in [0, 0.1) is 11.8 Å². The Morgan fingerprint density at radius 3 is 2.34 bits per heavy atom. The minimum Gasteiger partial charge on any atom is -0.443 e. The molecule has 1 aliphatic carbocycles. The lowest BCUT2D eigenvalue weighted by Gasteiger charge is -2.41. The topological polar surface area (TPSA) is 110 Å². The monoisotopic (exact) mass is 564 g/mol. The Morgan fingerprint density at radius 1 is 1.07 bits per heavy atom. The van der Waals surface area contributed by atoms with Crippen molar-refractivity contribution in [2.45, 2.75) is 96.8 Å². The van der Waals surface area contributed by atoms with Crippen molar-refractivity contribution in [1.29, 1.82) is 0 Å². The van der Waals surface area contributed by atoms with Gasteiger partial charge in [-0.05, 0) is 65.2 Å². The Hall–Kier alpha value is -3.81. The summed E-state index contributed by atoms with van der Waals surface area (Å²) in [6.07, 6.45) is 3.93. The number of ether oxygens (including phenoxy) is 2. The van der Waals surface area contributed by atoms with E-state index in [9.17, 15) is 14.4 Å². The van der Waals surface area contributed by atoms with Gasteiger partial charge in [0.15, 0.2) is 5.65 Å². The van der Waals surface area contributed by atoms with E-state index in [1.807, 2.05) is 33.0 Å². The van der Waals surface area contributed by atoms with Gasteiger partial charge in [-0.3, -0.25) is 9.69 Å². The summed E-state index contributed by atoms with van der Waals surface area (Å²) in [5.41, 5.74) is 2.10. The molecule has 0 bridgehead atoms. The molecule has 0 N–H and O–H groups in total. The first-order valence-electron chi connectivity index (χ1n) is 14.5. The van der Waals surface area contributed by atoms with Crippen LogP contribution in [0.4, 0.5) is 15.4 Å². The molecule has 5 rings (SSSR count). The molecule has 2 aromatic rings. The molecule has 41 heavy (non-hydrogen) atoms. The lowest BCUT2D eigenvalue weighted by molar-refractivity contribution is -0.135. The van der Waals surface area contributed by atoms with Gasteiger partial charge in [0.05, 0.1) is 19.3 Å². The highest BCUT2D eigenvalue weighted by Crippen LogP contribution is 2.41. The van der Waals surface area contributed by atoms with E-state index in [0.29, 0.717) is 50.8 Å². The van der Waals surface area contributed by atoms with Gasteiger partial charge in [-0.1, -0.05) is 19.8 Å². The first kappa shape index (κ1) is 28.7. The average molecular weight is 565 g/mol. The minimum absolute atomic E-state index is 0.206. The lowest BCUT2D eigenvalue weighted by Crippen LogP contribution is -2.57. The van der Waals surface area contributed by atoms with Gasteiger partial charge in [-0.2, -0.15) is 9.61 Å². The summed E-state index contributed by atoms with van der Waals surface area (Å²) in [7, 11) is 0. The molecule has 4 heterocycles. The van der Waals surface area contributed by atoms with Crippen molar-refractivity contribution in [2.24, 2.45) is 0 Å². The van der Waals surface area contributed by atoms with Crippen LogP contribution in [0.15, 0.2) is 12.3 Å². The van der Waals surface area contributed by atoms with E-state index < -0.39 is 17.8 Å². The zero-order valence-corrected chi connectivity index (χ0v) is 24.8. The summed E-state index contributed by atoms with van der Waals surface area (Å²) in [4.78, 5) is 48.4. The summed E-state index contributed by atoms with van der Waals surface area (Å²) >= 11 is 0. The molecule has 220 valence electrons. The third-order valence-corrected chi connectivity index (χ3v) is 7.68. The SMILES string of the molecule is CC#CC(=O)N1CC(OC(=O)N2CCC(N(C(=O)OC(C)(C)C)c3cc(C4CC4)nc4c(C(C)C)cnn34)CC2)C1. The highest BCUT2D eigenvalue weighted by molar-refractivity contribution is 5.94. The molecule has 2 aliphatic heterocycles. The molecule has 3 fully saturated rings. The smallest absolute Gasteiger partial charge is 0.416 e. The van der Waals surface area contributed by atoms with Crippen molar-refractivity contribution in [2.75, 3.05) is 31.1 Å². The third kappa shape index (κ3) is 6.26. The molecule has 0 atom stereocenters. The minimum atomic E-state index is -0.681. The molecule has 3 aliphatic rings. The number of hydrogen-bond acceptors (Lipinski definition) is 7. The summed E-state index contributed by atoms with van der Waals surface area (Å²) in [5, 5.41) is 4.66. The molecule has 11 heteroatoms. The number of anilines is 1. The van der Waals surface area contributed by atoms with E-state index >= 15 is 0 Å². The molecule has 1 saturated carbocycles. The Balaban J connectivity index is 1.34. The zero-order chi connectivity index (χ0) is 29.5. The number of carbonyl (C=O) groups is 3. The van der Waals surface area contributed by atoms with Crippen molar-refractivity contribution >= 4 is 29.6 Å². The number of piperidine rings is 1. The van der Waals surface area contributed by atoms with Gasteiger partial charge in [-0.15, -0.1) is 0 Å². The molecular weight excluding hydrogens is 524 g/mol. The summed E-state index contributed by atoms with van der Waals surface area (Å²) in [6, 6.07) is 1.78. The predicted octanol–water partition coefficient (Wildman–Crippen LogP) is 4.31. The van der Waals surface area contributed by atoms with E-state index in [2.05, 4.69) is 30.8 Å². The summed E-state index contributed by atoms with van der Waals surface area (Å²) in [5.74, 6) is 6.10. The standard InChI is InChI=1S/C30H40N6O5/c1-7-8-26(37)34-17-22(18-34)40-28(38)33-13-11-21(12-14-33)35(29(39)41-30(4,5)6)25-15-24(20-9-10-20)32-27-23(19(2)3)16-31-36(25)27/h15-16,19-22H,9-14,17-18H2,1-6H3. The Bertz CT molecular complexity index is 1380. The third-order valence-electron chi connectivity index (χ3n) is 7.68. The largest absolute Gasteiger partial charge is 0.443 e. The zero-order valence-electron chi connectivity index (χ0n) is 24.8. The van der Waals surface area contributed by atoms with E-state index in [0.717, 1.165) is 29.7 Å². The molecule has 0 unspecified atom stereocenters. The predicted molar refractivity (Wildman–Crippen MR) is 153 cm³/mol. The van der Waals surface area contributed by atoms with Gasteiger partial charge < -0.3 is 19.3 Å². The number of aromatic nitrogens is 3. The van der Waals surface area contributed by atoms with Gasteiger partial charge in [0, 0.05) is 42.4 Å². The maximum Gasteiger partial charge on any atom is 0.416 e. The second-order valence-electron chi connectivity index (χ2n) is 12.5. The second kappa shape index (κ2) is 11.2. The van der Waals surface area contributed by atoms with Gasteiger partial charge >= 0.3 is 12.2 Å². The van der Waals surface area contributed by atoms with Crippen molar-refractivity contribution < 1.29 is 23.9 Å². The molecule has 0 spiro atoms. The van der Waals surface area contributed by atoms with Crippen LogP contribution in [-0.2, 0) is 14.3 Å². The number of hydrogen-bond donors (Lipinski definition) is 0. The van der Waals surface area contributed by atoms with E-state index in [1.165, 1.54) is 0 Å². The molecule has 0 radical (unpaired) electrons. The number of amides is 3. The summed E-state index contributed by atoms with van der Waals surface area (Å²) < 4.78 is 13.3. The van der Waals surface area contributed by atoms with Gasteiger partial charge in [0.1, 0.15) is 17.5 Å². The fourth-order valence-electron chi connectivity index (χ4n) is 5.28. The van der Waals surface area contributed by atoms with Crippen LogP contribution < -0.4 is 4.90 Å². The Kier molecular flexibility index (Phi) is 7.86. The van der Waals surface area contributed by atoms with Crippen LogP contribution in [0.5, 0.6) is 0 Å². The molecule has 2 saturated heterocycles. The molecule has 0 aromatic carbocycles. The highest BCUT2D eigenvalue weighted by atomic mass is 16.6. The Morgan fingerprint density at radius 2 is 1.76 bits per heavy atom. The number of rotatable bonds is 5. The van der Waals surface area contributed by atoms with Crippen LogP contribution >= 0.6 is 0 Å². The first-order chi connectivity index (χ1) is 19.4. The molecule has 11 nitrogen and oxygen atoms in total. The van der Waals surface area contributed by atoms with Crippen LogP contribution in [0.25, 0.3) is 5.65 Å². The highest BCUT2D eigenvalue weighted by Gasteiger charge is 2.39. The van der Waals surface area contributed by atoms with Crippen LogP contribution in [-0.4, -0.2) is 86.4 Å². The second-order valence-corrected chi connectivity index (χ2v) is 12.5. The van der Waals surface area contributed by atoms with Gasteiger partial charge in [-0.25, -0.2) is 14.6 Å². The lowest BCUT2D eigenvalue weighted by atomic mass is 10.0. The van der Waals surface area contributed by atoms with Gasteiger partial charge in [0.25, 0.3) is 5.91 Å². The van der Waals surface area contributed by atoms with Crippen LogP contribution in [0.1, 0.15) is 90.3 Å². The first-order valence-corrected chi connectivity index (χ1v) is 14.5. The maximum absolute atomic E-state index is 13.8. The summed E-state index contributed by atoms with van der Waals surface area (Å²) in [6.45, 7) is 13.0. The molecule has 2 aromatic heterocycles. The van der Waals surface area contributed by atoms with Crippen molar-refractivity contribution in [3.8, 4) is 11.8 Å².